The number of nitrogens with two attached hydrogens (primary N) is 1. The molecule has 4 N–H and O–H groups in total. The Labute approximate surface area is 111 Å². The molecule has 0 atom stereocenters. The largest absolute Gasteiger partial charge is 0.383 e. The van der Waals surface area contributed by atoms with E-state index in [0.29, 0.717) is 31.0 Å². The van der Waals surface area contributed by atoms with Crippen LogP contribution in [0.4, 0.5) is 5.82 Å². The Morgan fingerprint density at radius 2 is 2.21 bits per heavy atom. The second kappa shape index (κ2) is 6.17. The minimum atomic E-state index is -0.256. The summed E-state index contributed by atoms with van der Waals surface area (Å²) in [5.74, 6) is 0.0114. The van der Waals surface area contributed by atoms with Gasteiger partial charge in [0.15, 0.2) is 0 Å². The van der Waals surface area contributed by atoms with Crippen LogP contribution in [-0.2, 0) is 4.79 Å². The van der Waals surface area contributed by atoms with E-state index in [4.69, 9.17) is 5.73 Å². The summed E-state index contributed by atoms with van der Waals surface area (Å²) >= 11 is 0. The zero-order valence-electron chi connectivity index (χ0n) is 10.7. The molecule has 1 heterocycles. The third-order valence-electron chi connectivity index (χ3n) is 2.89. The number of carbonyl (C=O) groups excluding carboxylic acids is 2. The van der Waals surface area contributed by atoms with Crippen LogP contribution in [0.2, 0.25) is 0 Å². The molecule has 1 aromatic heterocycles. The standard InChI is InChI=1S/C13H18N4O2/c14-12-10(3-1-7-15-12)13(19)16-8-2-4-11(18)17-9-5-6-9/h1,3,7,9H,2,4-6,8H2,(H2,14,15)(H,16,19)(H,17,18). The van der Waals surface area contributed by atoms with Crippen LogP contribution in [0.25, 0.3) is 0 Å². The SMILES string of the molecule is Nc1ncccc1C(=O)NCCCC(=O)NC1CC1. The molecular weight excluding hydrogens is 244 g/mol. The minimum Gasteiger partial charge on any atom is -0.383 e. The van der Waals surface area contributed by atoms with Gasteiger partial charge in [0.05, 0.1) is 5.56 Å². The summed E-state index contributed by atoms with van der Waals surface area (Å²) in [5.41, 5.74) is 5.97. The highest BCUT2D eigenvalue weighted by atomic mass is 16.2. The molecule has 0 aliphatic heterocycles. The molecule has 2 amide bonds. The van der Waals surface area contributed by atoms with Crippen LogP contribution in [0, 0.1) is 0 Å². The van der Waals surface area contributed by atoms with Crippen molar-refractivity contribution in [1.29, 1.82) is 0 Å². The Balaban J connectivity index is 1.66. The van der Waals surface area contributed by atoms with E-state index >= 15 is 0 Å². The van der Waals surface area contributed by atoms with E-state index in [1.54, 1.807) is 12.1 Å². The van der Waals surface area contributed by atoms with Gasteiger partial charge in [0.25, 0.3) is 5.91 Å². The van der Waals surface area contributed by atoms with Crippen LogP contribution in [0.15, 0.2) is 18.3 Å². The second-order valence-electron chi connectivity index (χ2n) is 4.64. The summed E-state index contributed by atoms with van der Waals surface area (Å²) in [5, 5.41) is 5.63. The molecule has 0 aromatic carbocycles. The van der Waals surface area contributed by atoms with Gasteiger partial charge in [0.1, 0.15) is 5.82 Å². The molecule has 0 spiro atoms. The number of hydrogen-bond donors (Lipinski definition) is 3. The highest BCUT2D eigenvalue weighted by Crippen LogP contribution is 2.18. The Kier molecular flexibility index (Phi) is 4.33. The lowest BCUT2D eigenvalue weighted by molar-refractivity contribution is -0.121. The van der Waals surface area contributed by atoms with Gasteiger partial charge < -0.3 is 16.4 Å². The molecule has 0 radical (unpaired) electrons. The number of hydrogen-bond acceptors (Lipinski definition) is 4. The topological polar surface area (TPSA) is 97.1 Å². The van der Waals surface area contributed by atoms with Crippen molar-refractivity contribution in [1.82, 2.24) is 15.6 Å². The molecule has 6 heteroatoms. The summed E-state index contributed by atoms with van der Waals surface area (Å²) in [6, 6.07) is 3.67. The monoisotopic (exact) mass is 262 g/mol. The van der Waals surface area contributed by atoms with Gasteiger partial charge in [-0.25, -0.2) is 4.98 Å². The lowest BCUT2D eigenvalue weighted by Crippen LogP contribution is -2.28. The van der Waals surface area contributed by atoms with Crippen molar-refractivity contribution in [2.75, 3.05) is 12.3 Å². The fourth-order valence-electron chi connectivity index (χ4n) is 1.68. The smallest absolute Gasteiger partial charge is 0.255 e. The number of aromatic nitrogens is 1. The fourth-order valence-corrected chi connectivity index (χ4v) is 1.68. The van der Waals surface area contributed by atoms with E-state index in [2.05, 4.69) is 15.6 Å². The average Bonchev–Trinajstić information content (AvgIpc) is 3.19. The Hall–Kier alpha value is -2.11. The average molecular weight is 262 g/mol. The van der Waals surface area contributed by atoms with Gasteiger partial charge in [-0.05, 0) is 31.4 Å². The molecule has 1 saturated carbocycles. The Morgan fingerprint density at radius 3 is 2.89 bits per heavy atom. The van der Waals surface area contributed by atoms with Gasteiger partial charge in [0.2, 0.25) is 5.91 Å². The van der Waals surface area contributed by atoms with Crippen molar-refractivity contribution >= 4 is 17.6 Å². The van der Waals surface area contributed by atoms with Crippen LogP contribution >= 0.6 is 0 Å². The maximum atomic E-state index is 11.8. The van der Waals surface area contributed by atoms with Gasteiger partial charge in [0, 0.05) is 25.2 Å². The number of anilines is 1. The summed E-state index contributed by atoms with van der Waals surface area (Å²) in [6.07, 6.45) is 4.75. The third kappa shape index (κ3) is 4.24. The highest BCUT2D eigenvalue weighted by Gasteiger charge is 2.22. The van der Waals surface area contributed by atoms with E-state index in [9.17, 15) is 9.59 Å². The maximum Gasteiger partial charge on any atom is 0.255 e. The second-order valence-corrected chi connectivity index (χ2v) is 4.64. The van der Waals surface area contributed by atoms with E-state index in [0.717, 1.165) is 12.8 Å². The number of nitrogens with zero attached hydrogens (tertiary/aromatic N) is 1. The van der Waals surface area contributed by atoms with Gasteiger partial charge in [-0.3, -0.25) is 9.59 Å². The molecule has 102 valence electrons. The van der Waals surface area contributed by atoms with E-state index < -0.39 is 0 Å². The van der Waals surface area contributed by atoms with Crippen LogP contribution in [0.3, 0.4) is 0 Å². The molecule has 1 aliphatic rings. The van der Waals surface area contributed by atoms with E-state index in [1.165, 1.54) is 6.20 Å². The number of carbonyl (C=O) groups is 2. The number of nitrogen functional groups attached to an aromatic ring is 1. The molecular formula is C13H18N4O2. The van der Waals surface area contributed by atoms with E-state index in [1.807, 2.05) is 0 Å². The first-order valence-corrected chi connectivity index (χ1v) is 6.45. The lowest BCUT2D eigenvalue weighted by Gasteiger charge is -2.07. The molecule has 1 fully saturated rings. The summed E-state index contributed by atoms with van der Waals surface area (Å²) in [6.45, 7) is 0.450. The lowest BCUT2D eigenvalue weighted by atomic mass is 10.2. The van der Waals surface area contributed by atoms with Crippen molar-refractivity contribution in [2.24, 2.45) is 0 Å². The quantitative estimate of drug-likeness (QED) is 0.648. The van der Waals surface area contributed by atoms with Crippen molar-refractivity contribution in [2.45, 2.75) is 31.7 Å². The molecule has 1 aliphatic carbocycles. The summed E-state index contributed by atoms with van der Waals surface area (Å²) < 4.78 is 0. The highest BCUT2D eigenvalue weighted by molar-refractivity contribution is 5.98. The van der Waals surface area contributed by atoms with Gasteiger partial charge in [-0.2, -0.15) is 0 Å². The third-order valence-corrected chi connectivity index (χ3v) is 2.89. The van der Waals surface area contributed by atoms with Gasteiger partial charge in [-0.1, -0.05) is 0 Å². The number of pyridine rings is 1. The Morgan fingerprint density at radius 1 is 1.42 bits per heavy atom. The molecule has 2 rings (SSSR count). The van der Waals surface area contributed by atoms with Gasteiger partial charge >= 0.3 is 0 Å². The van der Waals surface area contributed by atoms with Crippen LogP contribution < -0.4 is 16.4 Å². The predicted octanol–water partition coefficient (Wildman–Crippen LogP) is 0.452. The number of nitrogens with one attached hydrogen (secondary N) is 2. The van der Waals surface area contributed by atoms with Crippen molar-refractivity contribution in [3.63, 3.8) is 0 Å². The first-order valence-electron chi connectivity index (χ1n) is 6.45. The number of rotatable bonds is 6. The van der Waals surface area contributed by atoms with Crippen LogP contribution in [-0.4, -0.2) is 29.4 Å². The minimum absolute atomic E-state index is 0.0534. The molecule has 19 heavy (non-hydrogen) atoms. The predicted molar refractivity (Wildman–Crippen MR) is 71.4 cm³/mol. The van der Waals surface area contributed by atoms with Crippen molar-refractivity contribution < 1.29 is 9.59 Å². The van der Waals surface area contributed by atoms with Crippen molar-refractivity contribution in [3.05, 3.63) is 23.9 Å². The Bertz CT molecular complexity index is 471. The van der Waals surface area contributed by atoms with Crippen LogP contribution in [0.5, 0.6) is 0 Å². The summed E-state index contributed by atoms with van der Waals surface area (Å²) in [7, 11) is 0. The first kappa shape index (κ1) is 13.3. The van der Waals surface area contributed by atoms with E-state index in [-0.39, 0.29) is 17.6 Å². The normalized spacial score (nSPS) is 13.9. The molecule has 6 nitrogen and oxygen atoms in total. The fraction of sp³-hybridized carbons (Fsp3) is 0.462. The molecule has 0 saturated heterocycles. The summed E-state index contributed by atoms with van der Waals surface area (Å²) in [4.78, 5) is 27.0. The zero-order chi connectivity index (χ0) is 13.7. The molecule has 0 unspecified atom stereocenters. The number of amides is 2. The molecule has 1 aromatic rings. The molecule has 0 bridgehead atoms. The van der Waals surface area contributed by atoms with Gasteiger partial charge in [-0.15, -0.1) is 0 Å². The van der Waals surface area contributed by atoms with Crippen LogP contribution in [0.1, 0.15) is 36.0 Å². The van der Waals surface area contributed by atoms with Crippen molar-refractivity contribution in [3.8, 4) is 0 Å². The maximum absolute atomic E-state index is 11.8. The zero-order valence-corrected chi connectivity index (χ0v) is 10.7. The first-order chi connectivity index (χ1) is 9.16.